The summed E-state index contributed by atoms with van der Waals surface area (Å²) in [5.41, 5.74) is 2.92. The number of carbonyl (C=O) groups is 1. The Hall–Kier alpha value is -3.12. The quantitative estimate of drug-likeness (QED) is 0.665. The van der Waals surface area contributed by atoms with Crippen molar-refractivity contribution in [1.29, 1.82) is 0 Å². The Balaban J connectivity index is 1.60. The van der Waals surface area contributed by atoms with E-state index in [1.54, 1.807) is 48.5 Å². The molecule has 26 heavy (non-hydrogen) atoms. The van der Waals surface area contributed by atoms with E-state index in [2.05, 4.69) is 20.8 Å². The van der Waals surface area contributed by atoms with Crippen molar-refractivity contribution in [2.24, 2.45) is 0 Å². The average Bonchev–Trinajstić information content (AvgIpc) is 2.62. The second-order valence-electron chi connectivity index (χ2n) is 5.63. The topological polar surface area (TPSA) is 76.1 Å². The lowest BCUT2D eigenvalue weighted by Crippen LogP contribution is -2.19. The van der Waals surface area contributed by atoms with Crippen LogP contribution in [0.3, 0.4) is 0 Å². The number of hydrogen-bond acceptors (Lipinski definition) is 4. The van der Waals surface area contributed by atoms with Crippen molar-refractivity contribution in [1.82, 2.24) is 10.2 Å². The molecular formula is C19H17ClN4O2. The number of rotatable bonds is 4. The van der Waals surface area contributed by atoms with Crippen molar-refractivity contribution >= 4 is 29.0 Å². The summed E-state index contributed by atoms with van der Waals surface area (Å²) in [5.74, 6) is 1.00. The molecule has 2 aromatic carbocycles. The van der Waals surface area contributed by atoms with Crippen molar-refractivity contribution in [3.63, 3.8) is 0 Å². The standard InChI is InChI=1S/C19H17ClN4O2/c1-12-6-11-18(24-23-12)26-15-9-7-14(8-10-15)21-19(25)22-17-5-3-4-16(20)13(17)2/h3-11H,1-2H3,(H2,21,22,25). The van der Waals surface area contributed by atoms with Gasteiger partial charge in [-0.1, -0.05) is 17.7 Å². The Morgan fingerprint density at radius 3 is 2.42 bits per heavy atom. The molecule has 0 radical (unpaired) electrons. The maximum absolute atomic E-state index is 12.1. The number of hydrogen-bond donors (Lipinski definition) is 2. The van der Waals surface area contributed by atoms with Crippen LogP contribution in [0.5, 0.6) is 11.6 Å². The van der Waals surface area contributed by atoms with Crippen LogP contribution in [0, 0.1) is 13.8 Å². The highest BCUT2D eigenvalue weighted by molar-refractivity contribution is 6.31. The average molecular weight is 369 g/mol. The third kappa shape index (κ3) is 4.49. The number of nitrogens with one attached hydrogen (secondary N) is 2. The summed E-state index contributed by atoms with van der Waals surface area (Å²) in [6, 6.07) is 15.5. The Kier molecular flexibility index (Phi) is 5.34. The molecule has 0 atom stereocenters. The molecule has 3 rings (SSSR count). The van der Waals surface area contributed by atoms with E-state index >= 15 is 0 Å². The van der Waals surface area contributed by atoms with Gasteiger partial charge in [-0.25, -0.2) is 4.79 Å². The van der Waals surface area contributed by atoms with E-state index in [-0.39, 0.29) is 6.03 Å². The zero-order chi connectivity index (χ0) is 18.5. The number of aryl methyl sites for hydroxylation is 1. The fourth-order valence-electron chi connectivity index (χ4n) is 2.20. The van der Waals surface area contributed by atoms with Crippen molar-refractivity contribution in [2.75, 3.05) is 10.6 Å². The molecule has 2 N–H and O–H groups in total. The van der Waals surface area contributed by atoms with Gasteiger partial charge in [-0.2, -0.15) is 5.10 Å². The van der Waals surface area contributed by atoms with Crippen LogP contribution in [0.25, 0.3) is 0 Å². The Labute approximate surface area is 156 Å². The first-order valence-corrected chi connectivity index (χ1v) is 8.30. The SMILES string of the molecule is Cc1ccc(Oc2ccc(NC(=O)Nc3cccc(Cl)c3C)cc2)nn1. The second-order valence-corrected chi connectivity index (χ2v) is 6.04. The van der Waals surface area contributed by atoms with E-state index in [4.69, 9.17) is 16.3 Å². The first kappa shape index (κ1) is 17.7. The van der Waals surface area contributed by atoms with Crippen LogP contribution in [0.15, 0.2) is 54.6 Å². The monoisotopic (exact) mass is 368 g/mol. The van der Waals surface area contributed by atoms with E-state index in [1.165, 1.54) is 0 Å². The Bertz CT molecular complexity index is 912. The number of ether oxygens (including phenoxy) is 1. The van der Waals surface area contributed by atoms with Gasteiger partial charge in [-0.15, -0.1) is 5.10 Å². The van der Waals surface area contributed by atoms with Crippen LogP contribution in [0.2, 0.25) is 5.02 Å². The van der Waals surface area contributed by atoms with Gasteiger partial charge in [0.25, 0.3) is 0 Å². The zero-order valence-corrected chi connectivity index (χ0v) is 15.0. The van der Waals surface area contributed by atoms with Crippen molar-refractivity contribution in [2.45, 2.75) is 13.8 Å². The number of nitrogens with zero attached hydrogens (tertiary/aromatic N) is 2. The minimum Gasteiger partial charge on any atom is -0.438 e. The van der Waals surface area contributed by atoms with Crippen LogP contribution in [0.1, 0.15) is 11.3 Å². The molecule has 0 unspecified atom stereocenters. The molecular weight excluding hydrogens is 352 g/mol. The van der Waals surface area contributed by atoms with E-state index < -0.39 is 0 Å². The number of anilines is 2. The van der Waals surface area contributed by atoms with E-state index in [9.17, 15) is 4.79 Å². The number of benzene rings is 2. The largest absolute Gasteiger partial charge is 0.438 e. The van der Waals surface area contributed by atoms with Crippen LogP contribution < -0.4 is 15.4 Å². The van der Waals surface area contributed by atoms with Gasteiger partial charge in [-0.3, -0.25) is 0 Å². The highest BCUT2D eigenvalue weighted by atomic mass is 35.5. The highest BCUT2D eigenvalue weighted by Crippen LogP contribution is 2.24. The summed E-state index contributed by atoms with van der Waals surface area (Å²) < 4.78 is 5.60. The molecule has 0 bridgehead atoms. The van der Waals surface area contributed by atoms with Crippen LogP contribution >= 0.6 is 11.6 Å². The molecule has 0 saturated heterocycles. The number of aromatic nitrogens is 2. The molecule has 3 aromatic rings. The normalized spacial score (nSPS) is 10.3. The van der Waals surface area contributed by atoms with Crippen molar-refractivity contribution in [3.8, 4) is 11.6 Å². The van der Waals surface area contributed by atoms with Gasteiger partial charge >= 0.3 is 6.03 Å². The first-order chi connectivity index (χ1) is 12.5. The first-order valence-electron chi connectivity index (χ1n) is 7.92. The van der Waals surface area contributed by atoms with Crippen LogP contribution in [-0.4, -0.2) is 16.2 Å². The predicted octanol–water partition coefficient (Wildman–Crippen LogP) is 5.18. The maximum Gasteiger partial charge on any atom is 0.323 e. The van der Waals surface area contributed by atoms with Gasteiger partial charge in [0.1, 0.15) is 5.75 Å². The Morgan fingerprint density at radius 1 is 0.962 bits per heavy atom. The summed E-state index contributed by atoms with van der Waals surface area (Å²) in [4.78, 5) is 12.1. The summed E-state index contributed by atoms with van der Waals surface area (Å²) in [6.45, 7) is 3.70. The number of urea groups is 1. The van der Waals surface area contributed by atoms with Gasteiger partial charge in [-0.05, 0) is 61.9 Å². The Morgan fingerprint density at radius 2 is 1.73 bits per heavy atom. The molecule has 6 nitrogen and oxygen atoms in total. The summed E-state index contributed by atoms with van der Waals surface area (Å²) in [5, 5.41) is 14.0. The maximum atomic E-state index is 12.1. The third-order valence-corrected chi connectivity index (χ3v) is 4.03. The van der Waals surface area contributed by atoms with Crippen molar-refractivity contribution < 1.29 is 9.53 Å². The zero-order valence-electron chi connectivity index (χ0n) is 14.3. The van der Waals surface area contributed by atoms with Crippen molar-refractivity contribution in [3.05, 3.63) is 70.9 Å². The minimum atomic E-state index is -0.353. The molecule has 0 aliphatic rings. The number of halogens is 1. The molecule has 0 fully saturated rings. The van der Waals surface area contributed by atoms with Gasteiger partial charge in [0.2, 0.25) is 5.88 Å². The summed E-state index contributed by atoms with van der Waals surface area (Å²) in [7, 11) is 0. The molecule has 7 heteroatoms. The highest BCUT2D eigenvalue weighted by Gasteiger charge is 2.07. The molecule has 0 spiro atoms. The van der Waals surface area contributed by atoms with E-state index in [1.807, 2.05) is 19.9 Å². The lowest BCUT2D eigenvalue weighted by Gasteiger charge is -2.11. The van der Waals surface area contributed by atoms with Crippen LogP contribution in [0.4, 0.5) is 16.2 Å². The lowest BCUT2D eigenvalue weighted by molar-refractivity contribution is 0.262. The third-order valence-electron chi connectivity index (χ3n) is 3.62. The molecule has 0 aliphatic carbocycles. The number of carbonyl (C=O) groups excluding carboxylic acids is 1. The smallest absolute Gasteiger partial charge is 0.323 e. The van der Waals surface area contributed by atoms with Gasteiger partial charge in [0.15, 0.2) is 0 Å². The molecule has 1 heterocycles. The minimum absolute atomic E-state index is 0.353. The van der Waals surface area contributed by atoms with Crippen LogP contribution in [-0.2, 0) is 0 Å². The van der Waals surface area contributed by atoms with Gasteiger partial charge < -0.3 is 15.4 Å². The lowest BCUT2D eigenvalue weighted by atomic mass is 10.2. The second kappa shape index (κ2) is 7.84. The fourth-order valence-corrected chi connectivity index (χ4v) is 2.37. The van der Waals surface area contributed by atoms with Gasteiger partial charge in [0.05, 0.1) is 5.69 Å². The predicted molar refractivity (Wildman–Crippen MR) is 102 cm³/mol. The molecule has 2 amide bonds. The molecule has 132 valence electrons. The van der Waals surface area contributed by atoms with E-state index in [0.717, 1.165) is 11.3 Å². The number of amides is 2. The molecule has 1 aromatic heterocycles. The summed E-state index contributed by atoms with van der Waals surface area (Å²) in [6.07, 6.45) is 0. The fraction of sp³-hybridized carbons (Fsp3) is 0.105. The van der Waals surface area contributed by atoms with E-state index in [0.29, 0.717) is 28.0 Å². The molecule has 0 aliphatic heterocycles. The summed E-state index contributed by atoms with van der Waals surface area (Å²) >= 11 is 6.05. The molecule has 0 saturated carbocycles. The van der Waals surface area contributed by atoms with Gasteiger partial charge in [0, 0.05) is 22.5 Å².